The van der Waals surface area contributed by atoms with Crippen molar-refractivity contribution in [3.05, 3.63) is 72.6 Å². The van der Waals surface area contributed by atoms with Crippen LogP contribution < -0.4 is 4.74 Å². The maximum Gasteiger partial charge on any atom is 0.360 e. The molecule has 0 atom stereocenters. The van der Waals surface area contributed by atoms with Crippen LogP contribution in [0, 0.1) is 7.43 Å². The minimum Gasteiger partial charge on any atom is -0.489 e. The Morgan fingerprint density at radius 3 is 2.07 bits per heavy atom. The van der Waals surface area contributed by atoms with E-state index in [1.807, 2.05) is 26.0 Å². The summed E-state index contributed by atoms with van der Waals surface area (Å²) >= 11 is 0. The number of hydrogen-bond donors (Lipinski definition) is 0. The number of esters is 1. The number of hydrogen-bond acceptors (Lipinski definition) is 6. The van der Waals surface area contributed by atoms with Gasteiger partial charge in [-0.2, -0.15) is 0 Å². The Morgan fingerprint density at radius 2 is 1.55 bits per heavy atom. The van der Waals surface area contributed by atoms with Gasteiger partial charge in [-0.1, -0.05) is 43.3 Å². The molecule has 0 bridgehead atoms. The smallest absolute Gasteiger partial charge is 0.360 e. The van der Waals surface area contributed by atoms with Gasteiger partial charge in [0.2, 0.25) is 0 Å². The van der Waals surface area contributed by atoms with Gasteiger partial charge in [-0.05, 0) is 36.8 Å². The minimum absolute atomic E-state index is 0. The molecule has 2 rings (SSSR count). The number of oxime groups is 1. The van der Waals surface area contributed by atoms with Crippen molar-refractivity contribution in [3.8, 4) is 5.75 Å². The quantitative estimate of drug-likeness (QED) is 0.194. The van der Waals surface area contributed by atoms with Crippen molar-refractivity contribution in [3.63, 3.8) is 0 Å². The monoisotopic (exact) mass is 475 g/mol. The van der Waals surface area contributed by atoms with Crippen LogP contribution in [-0.2, 0) is 53.7 Å². The number of methoxy groups -OCH3 is 1. The van der Waals surface area contributed by atoms with Crippen molar-refractivity contribution < 1.29 is 56.6 Å². The second-order valence-corrected chi connectivity index (χ2v) is 5.14. The van der Waals surface area contributed by atoms with Crippen molar-refractivity contribution >= 4 is 17.5 Å². The molecule has 2 aromatic rings. The van der Waals surface area contributed by atoms with E-state index in [0.29, 0.717) is 16.9 Å². The molecule has 0 saturated heterocycles. The molecule has 29 heavy (non-hydrogen) atoms. The van der Waals surface area contributed by atoms with Crippen LogP contribution in [0.4, 0.5) is 0 Å². The van der Waals surface area contributed by atoms with Gasteiger partial charge in [-0.25, -0.2) is 4.79 Å². The van der Waals surface area contributed by atoms with Crippen LogP contribution in [0.3, 0.4) is 0 Å². The number of ketones is 1. The molecule has 155 valence electrons. The Morgan fingerprint density at radius 1 is 0.966 bits per heavy atom. The predicted molar refractivity (Wildman–Crippen MR) is 111 cm³/mol. The summed E-state index contributed by atoms with van der Waals surface area (Å²) in [4.78, 5) is 28.0. The third-order valence-electron chi connectivity index (χ3n) is 3.49. The first-order chi connectivity index (χ1) is 13.1. The zero-order valence-electron chi connectivity index (χ0n) is 17.9. The molecule has 0 spiro atoms. The Bertz CT molecular complexity index is 788. The first-order valence-electron chi connectivity index (χ1n) is 8.58. The Balaban J connectivity index is 0. The maximum atomic E-state index is 11.9. The van der Waals surface area contributed by atoms with Gasteiger partial charge in [0.05, 0.1) is 7.11 Å². The van der Waals surface area contributed by atoms with Crippen molar-refractivity contribution in [1.29, 1.82) is 0 Å². The average molecular weight is 475 g/mol. The summed E-state index contributed by atoms with van der Waals surface area (Å²) in [6, 6.07) is 14.1. The molecule has 1 radical (unpaired) electrons. The standard InChI is InChI=1S/C19H19NO5.C2H6.CH3.Y/c1-13(21)14-8-10-16(11-9-14)25-12-15-6-4-5-7-17(15)18(20-24-3)19(22)23-2;1-2;;/h4-11H,12H2,1-3H3;1-2H3;1H3;/q;;-1;/b20-18+;;;. The molecule has 6 nitrogen and oxygen atoms in total. The molecular formula is C22H28NO5Y-. The number of rotatable bonds is 7. The van der Waals surface area contributed by atoms with Crippen molar-refractivity contribution in [1.82, 2.24) is 0 Å². The zero-order valence-corrected chi connectivity index (χ0v) is 20.7. The van der Waals surface area contributed by atoms with Crippen LogP contribution in [0.5, 0.6) is 5.75 Å². The summed E-state index contributed by atoms with van der Waals surface area (Å²) in [5.74, 6) is 0.0126. The van der Waals surface area contributed by atoms with E-state index >= 15 is 0 Å². The number of benzene rings is 2. The molecule has 0 aliphatic rings. The average Bonchev–Trinajstić information content (AvgIpc) is 2.72. The van der Waals surface area contributed by atoms with Gasteiger partial charge >= 0.3 is 5.97 Å². The van der Waals surface area contributed by atoms with Gasteiger partial charge in [-0.3, -0.25) is 4.79 Å². The molecular weight excluding hydrogens is 447 g/mol. The van der Waals surface area contributed by atoms with Gasteiger partial charge < -0.3 is 21.7 Å². The maximum absolute atomic E-state index is 11.9. The van der Waals surface area contributed by atoms with E-state index < -0.39 is 5.97 Å². The van der Waals surface area contributed by atoms with E-state index in [1.54, 1.807) is 36.4 Å². The molecule has 2 aromatic carbocycles. The van der Waals surface area contributed by atoms with Gasteiger partial charge in [0, 0.05) is 43.8 Å². The molecule has 0 N–H and O–H groups in total. The van der Waals surface area contributed by atoms with Crippen LogP contribution in [0.25, 0.3) is 0 Å². The molecule has 0 fully saturated rings. The molecule has 0 aliphatic heterocycles. The van der Waals surface area contributed by atoms with E-state index in [1.165, 1.54) is 21.1 Å². The van der Waals surface area contributed by atoms with Crippen LogP contribution in [0.2, 0.25) is 0 Å². The molecule has 0 unspecified atom stereocenters. The van der Waals surface area contributed by atoms with Gasteiger partial charge in [-0.15, -0.1) is 0 Å². The normalized spacial score (nSPS) is 9.62. The summed E-state index contributed by atoms with van der Waals surface area (Å²) in [6.07, 6.45) is 0. The molecule has 0 heterocycles. The van der Waals surface area contributed by atoms with Crippen LogP contribution in [0.15, 0.2) is 53.7 Å². The number of carbonyl (C=O) groups excluding carboxylic acids is 2. The molecule has 0 aromatic heterocycles. The summed E-state index contributed by atoms with van der Waals surface area (Å²) < 4.78 is 10.5. The third-order valence-corrected chi connectivity index (χ3v) is 3.49. The second-order valence-electron chi connectivity index (χ2n) is 5.14. The van der Waals surface area contributed by atoms with Crippen molar-refractivity contribution in [2.45, 2.75) is 27.4 Å². The van der Waals surface area contributed by atoms with Gasteiger partial charge in [0.25, 0.3) is 0 Å². The van der Waals surface area contributed by atoms with E-state index in [4.69, 9.17) is 14.3 Å². The van der Waals surface area contributed by atoms with E-state index in [-0.39, 0.29) is 58.2 Å². The summed E-state index contributed by atoms with van der Waals surface area (Å²) in [5, 5.41) is 3.76. The van der Waals surface area contributed by atoms with Crippen LogP contribution in [-0.4, -0.2) is 31.7 Å². The van der Waals surface area contributed by atoms with E-state index in [9.17, 15) is 9.59 Å². The summed E-state index contributed by atoms with van der Waals surface area (Å²) in [6.45, 7) is 5.73. The fraction of sp³-hybridized carbons (Fsp3) is 0.273. The molecule has 0 aliphatic carbocycles. The largest absolute Gasteiger partial charge is 0.489 e. The van der Waals surface area contributed by atoms with Crippen LogP contribution >= 0.6 is 0 Å². The fourth-order valence-corrected chi connectivity index (χ4v) is 2.21. The number of carbonyl (C=O) groups is 2. The van der Waals surface area contributed by atoms with E-state index in [0.717, 1.165) is 5.56 Å². The fourth-order valence-electron chi connectivity index (χ4n) is 2.21. The molecule has 0 amide bonds. The van der Waals surface area contributed by atoms with E-state index in [2.05, 4.69) is 5.16 Å². The third kappa shape index (κ3) is 8.88. The number of nitrogens with zero attached hydrogens (tertiary/aromatic N) is 1. The Kier molecular flexibility index (Phi) is 15.9. The first kappa shape index (κ1) is 29.2. The second kappa shape index (κ2) is 15.8. The molecule has 7 heteroatoms. The number of Topliss-reactive ketones (excluding diaryl/α,β-unsaturated/α-hetero) is 1. The SMILES string of the molecule is CC.CO/N=C(/C(=O)OC)c1ccccc1COc1ccc(C(C)=O)cc1.[CH3-].[Y]. The summed E-state index contributed by atoms with van der Waals surface area (Å²) in [7, 11) is 2.64. The summed E-state index contributed by atoms with van der Waals surface area (Å²) in [5.41, 5.74) is 2.00. The van der Waals surface area contributed by atoms with Crippen LogP contribution in [0.1, 0.15) is 42.3 Å². The predicted octanol–water partition coefficient (Wildman–Crippen LogP) is 4.47. The Labute approximate surface area is 198 Å². The van der Waals surface area contributed by atoms with Gasteiger partial charge in [0.1, 0.15) is 19.5 Å². The topological polar surface area (TPSA) is 74.2 Å². The zero-order chi connectivity index (χ0) is 20.2. The van der Waals surface area contributed by atoms with Gasteiger partial charge in [0.15, 0.2) is 11.5 Å². The van der Waals surface area contributed by atoms with Crippen molar-refractivity contribution in [2.24, 2.45) is 5.16 Å². The Hall–Kier alpha value is -2.05. The number of ether oxygens (including phenoxy) is 2. The first-order valence-corrected chi connectivity index (χ1v) is 8.58. The molecule has 0 saturated carbocycles. The van der Waals surface area contributed by atoms with Crippen molar-refractivity contribution in [2.75, 3.05) is 14.2 Å². The minimum atomic E-state index is -0.597.